The summed E-state index contributed by atoms with van der Waals surface area (Å²) < 4.78 is 22.4. The van der Waals surface area contributed by atoms with Gasteiger partial charge >= 0.3 is 0 Å². The average Bonchev–Trinajstić information content (AvgIpc) is 2.88. The van der Waals surface area contributed by atoms with Crippen LogP contribution in [0.15, 0.2) is 64.2 Å². The van der Waals surface area contributed by atoms with Crippen LogP contribution in [0, 0.1) is 6.92 Å². The summed E-state index contributed by atoms with van der Waals surface area (Å²) in [4.78, 5) is 24.8. The van der Waals surface area contributed by atoms with Gasteiger partial charge in [0, 0.05) is 11.3 Å². The Morgan fingerprint density at radius 2 is 1.76 bits per heavy atom. The number of anilines is 1. The smallest absolute Gasteiger partial charge is 0.271 e. The molecule has 0 aliphatic rings. The highest BCUT2D eigenvalue weighted by Crippen LogP contribution is 2.36. The Morgan fingerprint density at radius 3 is 2.46 bits per heavy atom. The standard InChI is InChI=1S/C27H28BrN3O6/c1-5-36-22-10-9-19(14-23(22)34-3)27(33)31-29-15-18-12-21(28)26(24(13-18)35-4)37-16-25(32)30-20-8-6-7-17(2)11-20/h6-15H,5,16H2,1-4H3,(H,30,32)(H,31,33)/b29-15+. The molecule has 0 unspecified atom stereocenters. The summed E-state index contributed by atoms with van der Waals surface area (Å²) >= 11 is 3.45. The molecule has 0 atom stereocenters. The van der Waals surface area contributed by atoms with E-state index in [1.807, 2.05) is 32.0 Å². The van der Waals surface area contributed by atoms with Crippen LogP contribution in [0.2, 0.25) is 0 Å². The van der Waals surface area contributed by atoms with Gasteiger partial charge in [-0.05, 0) is 83.4 Å². The molecule has 2 amide bonds. The minimum Gasteiger partial charge on any atom is -0.493 e. The molecule has 9 nitrogen and oxygen atoms in total. The quantitative estimate of drug-likeness (QED) is 0.250. The van der Waals surface area contributed by atoms with Gasteiger partial charge in [-0.15, -0.1) is 0 Å². The molecule has 0 fully saturated rings. The molecule has 0 aliphatic carbocycles. The van der Waals surface area contributed by atoms with Gasteiger partial charge in [0.15, 0.2) is 29.6 Å². The molecule has 0 radical (unpaired) electrons. The number of carbonyl (C=O) groups excluding carboxylic acids is 2. The number of halogens is 1. The van der Waals surface area contributed by atoms with E-state index in [1.165, 1.54) is 20.4 Å². The highest BCUT2D eigenvalue weighted by molar-refractivity contribution is 9.10. The van der Waals surface area contributed by atoms with Crippen LogP contribution < -0.4 is 29.7 Å². The zero-order valence-electron chi connectivity index (χ0n) is 21.0. The number of methoxy groups -OCH3 is 2. The van der Waals surface area contributed by atoms with Crippen LogP contribution in [0.1, 0.15) is 28.4 Å². The molecule has 0 saturated carbocycles. The third-order valence-corrected chi connectivity index (χ3v) is 5.60. The van der Waals surface area contributed by atoms with Crippen LogP contribution in [0.5, 0.6) is 23.0 Å². The summed E-state index contributed by atoms with van der Waals surface area (Å²) in [5.41, 5.74) is 5.21. The van der Waals surface area contributed by atoms with Gasteiger partial charge in [-0.25, -0.2) is 5.43 Å². The Balaban J connectivity index is 1.63. The van der Waals surface area contributed by atoms with E-state index in [-0.39, 0.29) is 12.5 Å². The van der Waals surface area contributed by atoms with Crippen LogP contribution in [0.3, 0.4) is 0 Å². The molecular formula is C27H28BrN3O6. The molecule has 0 bridgehead atoms. The average molecular weight is 570 g/mol. The van der Waals surface area contributed by atoms with Crippen molar-refractivity contribution in [3.05, 3.63) is 75.8 Å². The summed E-state index contributed by atoms with van der Waals surface area (Å²) in [6.45, 7) is 4.08. The highest BCUT2D eigenvalue weighted by atomic mass is 79.9. The molecule has 194 valence electrons. The van der Waals surface area contributed by atoms with Crippen molar-refractivity contribution >= 4 is 39.6 Å². The van der Waals surface area contributed by atoms with Crippen molar-refractivity contribution in [1.82, 2.24) is 5.43 Å². The second-order valence-corrected chi connectivity index (χ2v) is 8.59. The van der Waals surface area contributed by atoms with Crippen molar-refractivity contribution in [1.29, 1.82) is 0 Å². The normalized spacial score (nSPS) is 10.6. The van der Waals surface area contributed by atoms with E-state index in [4.69, 9.17) is 18.9 Å². The van der Waals surface area contributed by atoms with Gasteiger partial charge in [0.25, 0.3) is 11.8 Å². The molecule has 0 aliphatic heterocycles. The van der Waals surface area contributed by atoms with Gasteiger partial charge in [0.05, 0.1) is 31.5 Å². The number of nitrogens with one attached hydrogen (secondary N) is 2. The van der Waals surface area contributed by atoms with Gasteiger partial charge in [0.1, 0.15) is 0 Å². The van der Waals surface area contributed by atoms with Crippen LogP contribution in [0.25, 0.3) is 0 Å². The van der Waals surface area contributed by atoms with E-state index in [0.29, 0.717) is 50.9 Å². The molecule has 37 heavy (non-hydrogen) atoms. The van der Waals surface area contributed by atoms with Crippen LogP contribution >= 0.6 is 15.9 Å². The first-order valence-electron chi connectivity index (χ1n) is 11.4. The van der Waals surface area contributed by atoms with E-state index in [0.717, 1.165) is 5.56 Å². The second-order valence-electron chi connectivity index (χ2n) is 7.74. The first-order chi connectivity index (χ1) is 17.8. The summed E-state index contributed by atoms with van der Waals surface area (Å²) in [7, 11) is 3.00. The molecule has 10 heteroatoms. The monoisotopic (exact) mass is 569 g/mol. The Labute approximate surface area is 223 Å². The number of rotatable bonds is 11. The van der Waals surface area contributed by atoms with Gasteiger partial charge in [-0.3, -0.25) is 9.59 Å². The fourth-order valence-corrected chi connectivity index (χ4v) is 3.90. The van der Waals surface area contributed by atoms with Crippen molar-refractivity contribution in [2.45, 2.75) is 13.8 Å². The fraction of sp³-hybridized carbons (Fsp3) is 0.222. The molecule has 2 N–H and O–H groups in total. The molecule has 3 rings (SSSR count). The Hall–Kier alpha value is -4.05. The zero-order chi connectivity index (χ0) is 26.8. The topological polar surface area (TPSA) is 107 Å². The summed E-state index contributed by atoms with van der Waals surface area (Å²) in [6, 6.07) is 15.8. The summed E-state index contributed by atoms with van der Waals surface area (Å²) in [5.74, 6) is 1.04. The number of nitrogens with zero attached hydrogens (tertiary/aromatic N) is 1. The number of hydrazone groups is 1. The van der Waals surface area contributed by atoms with Gasteiger partial charge in [-0.2, -0.15) is 5.10 Å². The molecule has 0 saturated heterocycles. The van der Waals surface area contributed by atoms with Gasteiger partial charge in [0.2, 0.25) is 0 Å². The fourth-order valence-electron chi connectivity index (χ4n) is 3.33. The maximum Gasteiger partial charge on any atom is 0.271 e. The molecule has 0 spiro atoms. The molecule has 0 heterocycles. The maximum absolute atomic E-state index is 12.5. The van der Waals surface area contributed by atoms with Gasteiger partial charge < -0.3 is 24.3 Å². The molecule has 0 aromatic heterocycles. The van der Waals surface area contributed by atoms with Crippen molar-refractivity contribution in [3.63, 3.8) is 0 Å². The molecule has 3 aromatic rings. The number of amides is 2. The molecule has 3 aromatic carbocycles. The number of hydrogen-bond donors (Lipinski definition) is 2. The first-order valence-corrected chi connectivity index (χ1v) is 12.1. The Morgan fingerprint density at radius 1 is 0.973 bits per heavy atom. The zero-order valence-corrected chi connectivity index (χ0v) is 22.5. The number of benzene rings is 3. The van der Waals surface area contributed by atoms with Gasteiger partial charge in [-0.1, -0.05) is 12.1 Å². The minimum absolute atomic E-state index is 0.210. The minimum atomic E-state index is -0.414. The Bertz CT molecular complexity index is 1300. The van der Waals surface area contributed by atoms with E-state index >= 15 is 0 Å². The summed E-state index contributed by atoms with van der Waals surface area (Å²) in [6.07, 6.45) is 1.46. The lowest BCUT2D eigenvalue weighted by molar-refractivity contribution is -0.118. The SMILES string of the molecule is CCOc1ccc(C(=O)N/N=C/c2cc(Br)c(OCC(=O)Nc3cccc(C)c3)c(OC)c2)cc1OC. The van der Waals surface area contributed by atoms with Crippen molar-refractivity contribution in [2.24, 2.45) is 5.10 Å². The van der Waals surface area contributed by atoms with E-state index in [9.17, 15) is 9.59 Å². The number of hydrogen-bond acceptors (Lipinski definition) is 7. The largest absolute Gasteiger partial charge is 0.493 e. The predicted octanol–water partition coefficient (Wildman–Crippen LogP) is 4.95. The third kappa shape index (κ3) is 7.71. The third-order valence-electron chi connectivity index (χ3n) is 5.01. The molecular weight excluding hydrogens is 542 g/mol. The number of carbonyl (C=O) groups is 2. The maximum atomic E-state index is 12.5. The lowest BCUT2D eigenvalue weighted by Gasteiger charge is -2.13. The first kappa shape index (κ1) is 27.5. The lowest BCUT2D eigenvalue weighted by Crippen LogP contribution is -2.20. The van der Waals surface area contributed by atoms with E-state index in [1.54, 1.807) is 36.4 Å². The van der Waals surface area contributed by atoms with Crippen molar-refractivity contribution < 1.29 is 28.5 Å². The van der Waals surface area contributed by atoms with Crippen LogP contribution in [-0.4, -0.2) is 45.5 Å². The van der Waals surface area contributed by atoms with Crippen molar-refractivity contribution in [2.75, 3.05) is 32.8 Å². The highest BCUT2D eigenvalue weighted by Gasteiger charge is 2.14. The van der Waals surface area contributed by atoms with E-state index < -0.39 is 5.91 Å². The lowest BCUT2D eigenvalue weighted by atomic mass is 10.2. The van der Waals surface area contributed by atoms with Crippen LogP contribution in [-0.2, 0) is 4.79 Å². The second kappa shape index (κ2) is 13.3. The predicted molar refractivity (Wildman–Crippen MR) is 145 cm³/mol. The van der Waals surface area contributed by atoms with Crippen LogP contribution in [0.4, 0.5) is 5.69 Å². The van der Waals surface area contributed by atoms with E-state index in [2.05, 4.69) is 31.8 Å². The number of aryl methyl sites for hydroxylation is 1. The number of ether oxygens (including phenoxy) is 4. The summed E-state index contributed by atoms with van der Waals surface area (Å²) in [5, 5.41) is 6.82. The Kier molecular flexibility index (Phi) is 9.91. The van der Waals surface area contributed by atoms with Crippen molar-refractivity contribution in [3.8, 4) is 23.0 Å².